The van der Waals surface area contributed by atoms with Crippen LogP contribution in [0.4, 0.5) is 0 Å². The molecule has 0 radical (unpaired) electrons. The maximum Gasteiger partial charge on any atom is 0.141 e. The lowest BCUT2D eigenvalue weighted by atomic mass is 9.53. The minimum Gasteiger partial charge on any atom is -0.497 e. The lowest BCUT2D eigenvalue weighted by Gasteiger charge is -2.49. The second-order valence-corrected chi connectivity index (χ2v) is 8.24. The van der Waals surface area contributed by atoms with Crippen molar-refractivity contribution in [1.82, 2.24) is 0 Å². The zero-order valence-corrected chi connectivity index (χ0v) is 14.8. The quantitative estimate of drug-likeness (QED) is 0.827. The highest BCUT2D eigenvalue weighted by atomic mass is 16.5. The van der Waals surface area contributed by atoms with Crippen LogP contribution in [-0.2, 0) is 16.0 Å². The van der Waals surface area contributed by atoms with Crippen LogP contribution in [0.3, 0.4) is 0 Å². The van der Waals surface area contributed by atoms with E-state index in [9.17, 15) is 9.59 Å². The maximum atomic E-state index is 13.1. The summed E-state index contributed by atoms with van der Waals surface area (Å²) in [6.07, 6.45) is 4.69. The number of hydrogen-bond donors (Lipinski definition) is 0. The van der Waals surface area contributed by atoms with Gasteiger partial charge in [-0.25, -0.2) is 0 Å². The Hall–Kier alpha value is -1.64. The molecule has 3 aliphatic carbocycles. The van der Waals surface area contributed by atoms with Gasteiger partial charge in [0.25, 0.3) is 0 Å². The second-order valence-electron chi connectivity index (χ2n) is 8.24. The number of aryl methyl sites for hydroxylation is 1. The van der Waals surface area contributed by atoms with Gasteiger partial charge in [0.2, 0.25) is 0 Å². The van der Waals surface area contributed by atoms with Crippen molar-refractivity contribution in [3.8, 4) is 5.75 Å². The molecule has 1 aromatic carbocycles. The van der Waals surface area contributed by atoms with Gasteiger partial charge in [0, 0.05) is 18.3 Å². The average molecular weight is 326 g/mol. The van der Waals surface area contributed by atoms with Crippen LogP contribution in [0.25, 0.3) is 0 Å². The molecular formula is C21H26O3. The van der Waals surface area contributed by atoms with Gasteiger partial charge in [0.05, 0.1) is 7.11 Å². The van der Waals surface area contributed by atoms with Gasteiger partial charge < -0.3 is 4.74 Å². The summed E-state index contributed by atoms with van der Waals surface area (Å²) in [6, 6.07) is 6.18. The molecule has 128 valence electrons. The van der Waals surface area contributed by atoms with Crippen LogP contribution in [0.1, 0.15) is 56.6 Å². The van der Waals surface area contributed by atoms with Gasteiger partial charge in [0.15, 0.2) is 0 Å². The Morgan fingerprint density at radius 2 is 2.04 bits per heavy atom. The van der Waals surface area contributed by atoms with Gasteiger partial charge >= 0.3 is 0 Å². The molecule has 0 aromatic heterocycles. The summed E-state index contributed by atoms with van der Waals surface area (Å²) in [5.41, 5.74) is 2.37. The first kappa shape index (κ1) is 15.9. The predicted octanol–water partition coefficient (Wildman–Crippen LogP) is 3.94. The Kier molecular flexibility index (Phi) is 3.59. The molecular weight excluding hydrogens is 300 g/mol. The van der Waals surface area contributed by atoms with Crippen molar-refractivity contribution in [3.63, 3.8) is 0 Å². The van der Waals surface area contributed by atoms with Crippen LogP contribution < -0.4 is 4.74 Å². The zero-order chi connectivity index (χ0) is 17.1. The van der Waals surface area contributed by atoms with Gasteiger partial charge in [-0.1, -0.05) is 13.0 Å². The number of rotatable bonds is 2. The van der Waals surface area contributed by atoms with Crippen molar-refractivity contribution < 1.29 is 14.3 Å². The number of fused-ring (bicyclic) bond motifs is 5. The third-order valence-electron chi connectivity index (χ3n) is 7.18. The van der Waals surface area contributed by atoms with Crippen LogP contribution in [0.2, 0.25) is 0 Å². The number of ketones is 2. The van der Waals surface area contributed by atoms with E-state index >= 15 is 0 Å². The smallest absolute Gasteiger partial charge is 0.141 e. The van der Waals surface area contributed by atoms with Crippen LogP contribution in [0.5, 0.6) is 5.75 Å². The van der Waals surface area contributed by atoms with Gasteiger partial charge in [-0.3, -0.25) is 9.59 Å². The molecule has 0 heterocycles. The highest BCUT2D eigenvalue weighted by molar-refractivity contribution is 5.90. The van der Waals surface area contributed by atoms with E-state index in [0.29, 0.717) is 24.0 Å². The molecule has 1 aromatic rings. The summed E-state index contributed by atoms with van der Waals surface area (Å²) in [6.45, 7) is 3.91. The number of hydrogen-bond acceptors (Lipinski definition) is 3. The van der Waals surface area contributed by atoms with E-state index in [4.69, 9.17) is 4.74 Å². The normalized spacial score (nSPS) is 37.4. The molecule has 3 nitrogen and oxygen atoms in total. The fraction of sp³-hybridized carbons (Fsp3) is 0.619. The first-order valence-corrected chi connectivity index (χ1v) is 9.15. The Balaban J connectivity index is 1.73. The second kappa shape index (κ2) is 5.44. The number of methoxy groups -OCH3 is 1. The number of Topliss-reactive ketones (excluding diaryl/α,β-unsaturated/α-hetero) is 2. The molecule has 4 unspecified atom stereocenters. The molecule has 5 atom stereocenters. The highest BCUT2D eigenvalue weighted by Crippen LogP contribution is 2.62. The van der Waals surface area contributed by atoms with Crippen molar-refractivity contribution in [2.45, 2.75) is 51.9 Å². The Labute approximate surface area is 143 Å². The van der Waals surface area contributed by atoms with Crippen molar-refractivity contribution in [3.05, 3.63) is 29.3 Å². The van der Waals surface area contributed by atoms with Crippen molar-refractivity contribution in [1.29, 1.82) is 0 Å². The van der Waals surface area contributed by atoms with Crippen molar-refractivity contribution >= 4 is 11.6 Å². The molecule has 4 rings (SSSR count). The van der Waals surface area contributed by atoms with Crippen molar-refractivity contribution in [2.75, 3.05) is 7.11 Å². The standard InChI is InChI=1S/C21H26O3/c1-12(22)17-8-9-18-16-6-4-13-10-14(24-3)5-7-15(13)20(16)19(23)11-21(17,18)2/h5,7,10,16-18,20H,4,6,8-9,11H2,1-3H3/t16?,17?,18?,20?,21-/m1/s1. The largest absolute Gasteiger partial charge is 0.497 e. The summed E-state index contributed by atoms with van der Waals surface area (Å²) < 4.78 is 5.35. The first-order chi connectivity index (χ1) is 11.5. The molecule has 0 saturated heterocycles. The van der Waals surface area contributed by atoms with Crippen molar-refractivity contribution in [2.24, 2.45) is 23.2 Å². The Morgan fingerprint density at radius 1 is 1.25 bits per heavy atom. The van der Waals surface area contributed by atoms with Crippen LogP contribution in [0, 0.1) is 23.2 Å². The predicted molar refractivity (Wildman–Crippen MR) is 92.2 cm³/mol. The van der Waals surface area contributed by atoms with Gasteiger partial charge in [-0.05, 0) is 73.1 Å². The van der Waals surface area contributed by atoms with Gasteiger partial charge in [0.1, 0.15) is 17.3 Å². The topological polar surface area (TPSA) is 43.4 Å². The van der Waals surface area contributed by atoms with E-state index in [0.717, 1.165) is 31.4 Å². The fourth-order valence-corrected chi connectivity index (χ4v) is 6.17. The maximum absolute atomic E-state index is 13.1. The van der Waals surface area contributed by atoms with E-state index in [2.05, 4.69) is 19.1 Å². The lowest BCUT2D eigenvalue weighted by Crippen LogP contribution is -2.47. The molecule has 0 spiro atoms. The van der Waals surface area contributed by atoms with Gasteiger partial charge in [-0.2, -0.15) is 0 Å². The number of carbonyl (C=O) groups excluding carboxylic acids is 2. The Bertz CT molecular complexity index is 707. The number of ether oxygens (including phenoxy) is 1. The van der Waals surface area contributed by atoms with Gasteiger partial charge in [-0.15, -0.1) is 0 Å². The SMILES string of the molecule is COc1ccc2c(c1)CCC1C2C(=O)C[C@]2(C)C(C(C)=O)CCC12. The molecule has 3 heteroatoms. The molecule has 2 fully saturated rings. The third kappa shape index (κ3) is 2.09. The molecule has 0 aliphatic heterocycles. The molecule has 0 amide bonds. The minimum atomic E-state index is -0.117. The number of carbonyl (C=O) groups is 2. The monoisotopic (exact) mass is 326 g/mol. The molecule has 3 aliphatic rings. The van der Waals surface area contributed by atoms with E-state index in [1.807, 2.05) is 6.07 Å². The number of benzene rings is 1. The van der Waals surface area contributed by atoms with E-state index in [-0.39, 0.29) is 23.0 Å². The average Bonchev–Trinajstić information content (AvgIpc) is 2.90. The highest BCUT2D eigenvalue weighted by Gasteiger charge is 2.58. The van der Waals surface area contributed by atoms with E-state index in [1.54, 1.807) is 14.0 Å². The van der Waals surface area contributed by atoms with E-state index < -0.39 is 0 Å². The summed E-state index contributed by atoms with van der Waals surface area (Å²) in [4.78, 5) is 25.2. The van der Waals surface area contributed by atoms with Crippen LogP contribution in [0.15, 0.2) is 18.2 Å². The fourth-order valence-electron chi connectivity index (χ4n) is 6.17. The minimum absolute atomic E-state index is 0.0310. The van der Waals surface area contributed by atoms with Crippen LogP contribution in [-0.4, -0.2) is 18.7 Å². The molecule has 24 heavy (non-hydrogen) atoms. The molecule has 0 bridgehead atoms. The van der Waals surface area contributed by atoms with Crippen LogP contribution >= 0.6 is 0 Å². The molecule has 2 saturated carbocycles. The summed E-state index contributed by atoms with van der Waals surface area (Å²) in [5, 5.41) is 0. The summed E-state index contributed by atoms with van der Waals surface area (Å²) in [5.74, 6) is 2.50. The zero-order valence-electron chi connectivity index (χ0n) is 14.8. The lowest BCUT2D eigenvalue weighted by molar-refractivity contribution is -0.135. The summed E-state index contributed by atoms with van der Waals surface area (Å²) in [7, 11) is 1.69. The molecule has 0 N–H and O–H groups in total. The first-order valence-electron chi connectivity index (χ1n) is 9.15. The van der Waals surface area contributed by atoms with E-state index in [1.165, 1.54) is 11.1 Å². The Morgan fingerprint density at radius 3 is 2.75 bits per heavy atom. The third-order valence-corrected chi connectivity index (χ3v) is 7.18. The summed E-state index contributed by atoms with van der Waals surface area (Å²) >= 11 is 0.